The number of pyridine rings is 1. The van der Waals surface area contributed by atoms with Gasteiger partial charge in [-0.2, -0.15) is 0 Å². The van der Waals surface area contributed by atoms with Gasteiger partial charge in [0.1, 0.15) is 5.82 Å². The Kier molecular flexibility index (Phi) is 6.95. The van der Waals surface area contributed by atoms with Crippen LogP contribution in [-0.2, 0) is 13.0 Å². The van der Waals surface area contributed by atoms with Gasteiger partial charge in [-0.25, -0.2) is 4.39 Å². The minimum absolute atomic E-state index is 0. The lowest BCUT2D eigenvalue weighted by Gasteiger charge is -2.08. The summed E-state index contributed by atoms with van der Waals surface area (Å²) in [5.74, 6) is -0.404. The normalized spacial score (nSPS) is 9.95. The van der Waals surface area contributed by atoms with E-state index in [0.29, 0.717) is 30.8 Å². The number of rotatable bonds is 5. The van der Waals surface area contributed by atoms with E-state index in [1.807, 2.05) is 6.92 Å². The molecule has 1 aromatic heterocycles. The molecule has 0 saturated carbocycles. The average molecular weight is 324 g/mol. The molecule has 2 aromatic rings. The van der Waals surface area contributed by atoms with Gasteiger partial charge in [0, 0.05) is 24.8 Å². The largest absolute Gasteiger partial charge is 0.352 e. The molecule has 118 valence electrons. The van der Waals surface area contributed by atoms with Crippen LogP contribution in [0.1, 0.15) is 27.2 Å². The van der Waals surface area contributed by atoms with Gasteiger partial charge in [-0.3, -0.25) is 9.78 Å². The van der Waals surface area contributed by atoms with Crippen molar-refractivity contribution >= 4 is 18.3 Å². The number of nitrogens with zero attached hydrogens (tertiary/aromatic N) is 1. The van der Waals surface area contributed by atoms with Crippen LogP contribution in [0.4, 0.5) is 4.39 Å². The Morgan fingerprint density at radius 3 is 2.77 bits per heavy atom. The number of nitrogens with one attached hydrogen (secondary N) is 1. The molecule has 4 nitrogen and oxygen atoms in total. The van der Waals surface area contributed by atoms with E-state index in [1.54, 1.807) is 24.4 Å². The first-order chi connectivity index (χ1) is 10.1. The summed E-state index contributed by atoms with van der Waals surface area (Å²) in [6.45, 7) is 2.65. The number of hydrogen-bond acceptors (Lipinski definition) is 3. The summed E-state index contributed by atoms with van der Waals surface area (Å²) in [5.41, 5.74) is 8.63. The molecule has 2 rings (SSSR count). The smallest absolute Gasteiger partial charge is 0.251 e. The highest BCUT2D eigenvalue weighted by atomic mass is 35.5. The van der Waals surface area contributed by atoms with Gasteiger partial charge >= 0.3 is 0 Å². The standard InChI is InChI=1S/C16H18FN3O.ClH/c1-11-8-14(17)3-2-12(11)4-7-20-16(21)13-5-6-19-15(9-13)10-18;/h2-3,5-6,8-9H,4,7,10,18H2,1H3,(H,20,21);1H. The SMILES string of the molecule is Cc1cc(F)ccc1CCNC(=O)c1ccnc(CN)c1.Cl. The van der Waals surface area contributed by atoms with Gasteiger partial charge in [0.2, 0.25) is 0 Å². The Labute approximate surface area is 135 Å². The van der Waals surface area contributed by atoms with E-state index in [2.05, 4.69) is 10.3 Å². The topological polar surface area (TPSA) is 68.0 Å². The van der Waals surface area contributed by atoms with Crippen LogP contribution in [0.3, 0.4) is 0 Å². The predicted molar refractivity (Wildman–Crippen MR) is 86.6 cm³/mol. The van der Waals surface area contributed by atoms with Gasteiger partial charge in [0.25, 0.3) is 5.91 Å². The van der Waals surface area contributed by atoms with Crippen molar-refractivity contribution in [3.8, 4) is 0 Å². The molecule has 1 aromatic carbocycles. The second kappa shape index (κ2) is 8.46. The van der Waals surface area contributed by atoms with E-state index >= 15 is 0 Å². The van der Waals surface area contributed by atoms with Crippen LogP contribution in [0.2, 0.25) is 0 Å². The first-order valence-electron chi connectivity index (χ1n) is 6.78. The Bertz CT molecular complexity index is 649. The highest BCUT2D eigenvalue weighted by Gasteiger charge is 2.06. The minimum Gasteiger partial charge on any atom is -0.352 e. The van der Waals surface area contributed by atoms with Gasteiger partial charge in [-0.15, -0.1) is 12.4 Å². The number of carbonyl (C=O) groups is 1. The van der Waals surface area contributed by atoms with Crippen LogP contribution >= 0.6 is 12.4 Å². The highest BCUT2D eigenvalue weighted by molar-refractivity contribution is 5.94. The second-order valence-corrected chi connectivity index (χ2v) is 4.82. The van der Waals surface area contributed by atoms with Crippen LogP contribution in [0.5, 0.6) is 0 Å². The van der Waals surface area contributed by atoms with Crippen molar-refractivity contribution in [2.24, 2.45) is 5.73 Å². The zero-order chi connectivity index (χ0) is 15.2. The maximum absolute atomic E-state index is 13.0. The third-order valence-corrected chi connectivity index (χ3v) is 3.27. The summed E-state index contributed by atoms with van der Waals surface area (Å²) in [4.78, 5) is 16.0. The monoisotopic (exact) mass is 323 g/mol. The summed E-state index contributed by atoms with van der Waals surface area (Å²) in [5, 5.41) is 2.84. The van der Waals surface area contributed by atoms with Crippen molar-refractivity contribution in [3.05, 3.63) is 64.7 Å². The number of hydrogen-bond donors (Lipinski definition) is 2. The van der Waals surface area contributed by atoms with Crippen LogP contribution in [0.25, 0.3) is 0 Å². The molecule has 0 aliphatic heterocycles. The van der Waals surface area contributed by atoms with Gasteiger partial charge in [-0.05, 0) is 48.7 Å². The van der Waals surface area contributed by atoms with E-state index in [4.69, 9.17) is 5.73 Å². The molecule has 0 saturated heterocycles. The van der Waals surface area contributed by atoms with E-state index in [9.17, 15) is 9.18 Å². The molecule has 3 N–H and O–H groups in total. The summed E-state index contributed by atoms with van der Waals surface area (Å²) < 4.78 is 13.0. The molecule has 0 bridgehead atoms. The lowest BCUT2D eigenvalue weighted by atomic mass is 10.1. The molecule has 0 aliphatic rings. The van der Waals surface area contributed by atoms with Gasteiger partial charge in [-0.1, -0.05) is 6.07 Å². The lowest BCUT2D eigenvalue weighted by molar-refractivity contribution is 0.0954. The molecule has 1 heterocycles. The Morgan fingerprint density at radius 2 is 2.09 bits per heavy atom. The molecule has 0 unspecified atom stereocenters. The lowest BCUT2D eigenvalue weighted by Crippen LogP contribution is -2.26. The fourth-order valence-corrected chi connectivity index (χ4v) is 2.08. The van der Waals surface area contributed by atoms with E-state index in [1.165, 1.54) is 12.1 Å². The van der Waals surface area contributed by atoms with Crippen LogP contribution < -0.4 is 11.1 Å². The second-order valence-electron chi connectivity index (χ2n) is 4.82. The summed E-state index contributed by atoms with van der Waals surface area (Å²) >= 11 is 0. The predicted octanol–water partition coefficient (Wildman–Crippen LogP) is 2.38. The highest BCUT2D eigenvalue weighted by Crippen LogP contribution is 2.10. The van der Waals surface area contributed by atoms with E-state index in [-0.39, 0.29) is 24.1 Å². The molecule has 0 radical (unpaired) electrons. The van der Waals surface area contributed by atoms with Crippen molar-refractivity contribution in [2.45, 2.75) is 19.9 Å². The van der Waals surface area contributed by atoms with Crippen molar-refractivity contribution in [1.29, 1.82) is 0 Å². The number of halogens is 2. The Hall–Kier alpha value is -1.98. The third kappa shape index (κ3) is 4.79. The number of amides is 1. The molecule has 6 heteroatoms. The van der Waals surface area contributed by atoms with Gasteiger partial charge < -0.3 is 11.1 Å². The Morgan fingerprint density at radius 1 is 1.32 bits per heavy atom. The minimum atomic E-state index is -0.244. The number of aromatic nitrogens is 1. The number of benzene rings is 1. The van der Waals surface area contributed by atoms with Crippen LogP contribution in [0, 0.1) is 12.7 Å². The Balaban J connectivity index is 0.00000242. The maximum Gasteiger partial charge on any atom is 0.251 e. The third-order valence-electron chi connectivity index (χ3n) is 3.27. The summed E-state index contributed by atoms with van der Waals surface area (Å²) in [6, 6.07) is 8.00. The number of aryl methyl sites for hydroxylation is 1. The zero-order valence-corrected chi connectivity index (χ0v) is 13.1. The molecular formula is C16H19ClFN3O. The fourth-order valence-electron chi connectivity index (χ4n) is 2.08. The first-order valence-corrected chi connectivity index (χ1v) is 6.78. The molecule has 22 heavy (non-hydrogen) atoms. The van der Waals surface area contributed by atoms with Crippen molar-refractivity contribution in [1.82, 2.24) is 10.3 Å². The molecule has 0 spiro atoms. The van der Waals surface area contributed by atoms with Crippen molar-refractivity contribution in [3.63, 3.8) is 0 Å². The zero-order valence-electron chi connectivity index (χ0n) is 12.3. The van der Waals surface area contributed by atoms with Gasteiger partial charge in [0.15, 0.2) is 0 Å². The summed E-state index contributed by atoms with van der Waals surface area (Å²) in [6.07, 6.45) is 2.23. The van der Waals surface area contributed by atoms with Crippen LogP contribution in [0.15, 0.2) is 36.5 Å². The summed E-state index contributed by atoms with van der Waals surface area (Å²) in [7, 11) is 0. The maximum atomic E-state index is 13.0. The van der Waals surface area contributed by atoms with Crippen molar-refractivity contribution < 1.29 is 9.18 Å². The van der Waals surface area contributed by atoms with E-state index in [0.717, 1.165) is 11.1 Å². The molecule has 0 aliphatic carbocycles. The van der Waals surface area contributed by atoms with E-state index < -0.39 is 0 Å². The van der Waals surface area contributed by atoms with Gasteiger partial charge in [0.05, 0.1) is 5.69 Å². The molecule has 0 fully saturated rings. The van der Waals surface area contributed by atoms with Crippen LogP contribution in [-0.4, -0.2) is 17.4 Å². The molecule has 1 amide bonds. The van der Waals surface area contributed by atoms with Crippen molar-refractivity contribution in [2.75, 3.05) is 6.54 Å². The average Bonchev–Trinajstić information content (AvgIpc) is 2.49. The first kappa shape index (κ1) is 18.1. The molecular weight excluding hydrogens is 305 g/mol. The quantitative estimate of drug-likeness (QED) is 0.887. The fraction of sp³-hybridized carbons (Fsp3) is 0.250. The molecule has 0 atom stereocenters. The number of carbonyl (C=O) groups excluding carboxylic acids is 1. The number of nitrogens with two attached hydrogens (primary N) is 1.